The summed E-state index contributed by atoms with van der Waals surface area (Å²) in [6.45, 7) is 0. The van der Waals surface area contributed by atoms with Crippen LogP contribution in [0.2, 0.25) is 5.02 Å². The zero-order valence-corrected chi connectivity index (χ0v) is 11.6. The predicted octanol–water partition coefficient (Wildman–Crippen LogP) is 4.81. The van der Waals surface area contributed by atoms with E-state index in [1.165, 1.54) is 0 Å². The van der Waals surface area contributed by atoms with Gasteiger partial charge in [-0.2, -0.15) is 0 Å². The largest absolute Gasteiger partial charge is 0.255 e. The Morgan fingerprint density at radius 3 is 2.94 bits per heavy atom. The molecule has 0 saturated heterocycles. The van der Waals surface area contributed by atoms with Crippen molar-refractivity contribution in [3.8, 4) is 9.88 Å². The van der Waals surface area contributed by atoms with Crippen molar-refractivity contribution in [2.24, 2.45) is 0 Å². The lowest BCUT2D eigenvalue weighted by Crippen LogP contribution is -1.75. The number of pyridine rings is 1. The molecule has 0 amide bonds. The molecule has 0 saturated carbocycles. The summed E-state index contributed by atoms with van der Waals surface area (Å²) in [5.41, 5.74) is 1.82. The van der Waals surface area contributed by atoms with Gasteiger partial charge in [-0.3, -0.25) is 4.98 Å². The summed E-state index contributed by atoms with van der Waals surface area (Å²) in [4.78, 5) is 9.83. The summed E-state index contributed by atoms with van der Waals surface area (Å²) in [7, 11) is 0. The average molecular weight is 301 g/mol. The van der Waals surface area contributed by atoms with E-state index in [0.29, 0.717) is 5.88 Å². The number of thiazole rings is 1. The van der Waals surface area contributed by atoms with Crippen molar-refractivity contribution in [2.45, 2.75) is 5.88 Å². The molecule has 3 aromatic rings. The highest BCUT2D eigenvalue weighted by atomic mass is 35.5. The molecule has 0 spiro atoms. The number of fused-ring (bicyclic) bond motifs is 1. The van der Waals surface area contributed by atoms with E-state index in [1.807, 2.05) is 11.4 Å². The zero-order valence-electron chi connectivity index (χ0n) is 8.48. The summed E-state index contributed by atoms with van der Waals surface area (Å²) in [5, 5.41) is 3.68. The van der Waals surface area contributed by atoms with Crippen LogP contribution in [0.1, 0.15) is 5.69 Å². The third-order valence-corrected chi connectivity index (χ3v) is 5.18. The fourth-order valence-electron chi connectivity index (χ4n) is 1.49. The maximum Gasteiger partial charge on any atom is 0.133 e. The lowest BCUT2D eigenvalue weighted by atomic mass is 10.4. The van der Waals surface area contributed by atoms with Crippen LogP contribution in [-0.2, 0) is 5.88 Å². The molecule has 0 aliphatic heterocycles. The van der Waals surface area contributed by atoms with Gasteiger partial charge in [-0.05, 0) is 12.1 Å². The SMILES string of the molecule is ClCc1csc(-c2cc3nccc(Cl)c3s2)n1. The quantitative estimate of drug-likeness (QED) is 0.635. The second-order valence-corrected chi connectivity index (χ2v) is 5.98. The highest BCUT2D eigenvalue weighted by Gasteiger charge is 2.10. The number of halogens is 2. The summed E-state index contributed by atoms with van der Waals surface area (Å²) < 4.78 is 1.01. The molecule has 86 valence electrons. The van der Waals surface area contributed by atoms with E-state index in [-0.39, 0.29) is 0 Å². The fourth-order valence-corrected chi connectivity index (χ4v) is 3.89. The zero-order chi connectivity index (χ0) is 11.8. The van der Waals surface area contributed by atoms with Gasteiger partial charge in [-0.15, -0.1) is 34.3 Å². The Balaban J connectivity index is 2.14. The summed E-state index contributed by atoms with van der Waals surface area (Å²) in [6.07, 6.45) is 1.72. The molecule has 3 aromatic heterocycles. The van der Waals surface area contributed by atoms with E-state index < -0.39 is 0 Å². The van der Waals surface area contributed by atoms with Gasteiger partial charge in [-0.25, -0.2) is 4.98 Å². The van der Waals surface area contributed by atoms with E-state index in [0.717, 1.165) is 30.8 Å². The Kier molecular flexibility index (Phi) is 3.04. The van der Waals surface area contributed by atoms with E-state index in [9.17, 15) is 0 Å². The average Bonchev–Trinajstić information content (AvgIpc) is 2.95. The molecule has 0 aromatic carbocycles. The highest BCUT2D eigenvalue weighted by Crippen LogP contribution is 2.37. The van der Waals surface area contributed by atoms with Crippen LogP contribution >= 0.6 is 45.9 Å². The van der Waals surface area contributed by atoms with Gasteiger partial charge in [0.05, 0.1) is 31.7 Å². The monoisotopic (exact) mass is 300 g/mol. The number of nitrogens with zero attached hydrogens (tertiary/aromatic N) is 2. The molecule has 17 heavy (non-hydrogen) atoms. The second kappa shape index (κ2) is 4.53. The first kappa shape index (κ1) is 11.4. The minimum atomic E-state index is 0.445. The van der Waals surface area contributed by atoms with Crippen LogP contribution in [0.4, 0.5) is 0 Å². The fraction of sp³-hybridized carbons (Fsp3) is 0.0909. The van der Waals surface area contributed by atoms with Crippen molar-refractivity contribution in [3.05, 3.63) is 34.4 Å². The molecule has 0 fully saturated rings. The van der Waals surface area contributed by atoms with Gasteiger partial charge in [0, 0.05) is 11.6 Å². The van der Waals surface area contributed by atoms with Crippen molar-refractivity contribution in [1.82, 2.24) is 9.97 Å². The van der Waals surface area contributed by atoms with Gasteiger partial charge in [0.2, 0.25) is 0 Å². The maximum absolute atomic E-state index is 6.12. The normalized spacial score (nSPS) is 11.2. The van der Waals surface area contributed by atoms with Crippen molar-refractivity contribution < 1.29 is 0 Å². The summed E-state index contributed by atoms with van der Waals surface area (Å²) in [6, 6.07) is 3.82. The molecule has 3 rings (SSSR count). The smallest absolute Gasteiger partial charge is 0.133 e. The molecule has 0 unspecified atom stereocenters. The van der Waals surface area contributed by atoms with Crippen LogP contribution < -0.4 is 0 Å². The van der Waals surface area contributed by atoms with Crippen LogP contribution in [0.3, 0.4) is 0 Å². The minimum Gasteiger partial charge on any atom is -0.255 e. The molecule has 0 radical (unpaired) electrons. The lowest BCUT2D eigenvalue weighted by Gasteiger charge is -1.89. The second-order valence-electron chi connectivity index (χ2n) is 3.40. The third-order valence-electron chi connectivity index (χ3n) is 2.26. The van der Waals surface area contributed by atoms with E-state index in [2.05, 4.69) is 9.97 Å². The van der Waals surface area contributed by atoms with Crippen molar-refractivity contribution in [1.29, 1.82) is 0 Å². The summed E-state index contributed by atoms with van der Waals surface area (Å²) in [5.74, 6) is 0.445. The van der Waals surface area contributed by atoms with Crippen LogP contribution in [0, 0.1) is 0 Å². The van der Waals surface area contributed by atoms with Crippen LogP contribution in [0.5, 0.6) is 0 Å². The number of thiophene rings is 1. The third kappa shape index (κ3) is 2.06. The molecule has 3 heterocycles. The molecule has 0 N–H and O–H groups in total. The number of alkyl halides is 1. The Labute approximate surface area is 116 Å². The number of hydrogen-bond donors (Lipinski definition) is 0. The van der Waals surface area contributed by atoms with Crippen LogP contribution in [-0.4, -0.2) is 9.97 Å². The molecular formula is C11H6Cl2N2S2. The first-order chi connectivity index (χ1) is 8.28. The minimum absolute atomic E-state index is 0.445. The molecule has 2 nitrogen and oxygen atoms in total. The Morgan fingerprint density at radius 2 is 2.24 bits per heavy atom. The van der Waals surface area contributed by atoms with Gasteiger partial charge in [0.15, 0.2) is 0 Å². The Morgan fingerprint density at radius 1 is 1.35 bits per heavy atom. The molecule has 0 atom stereocenters. The van der Waals surface area contributed by atoms with Crippen molar-refractivity contribution in [2.75, 3.05) is 0 Å². The van der Waals surface area contributed by atoms with Crippen molar-refractivity contribution in [3.63, 3.8) is 0 Å². The van der Waals surface area contributed by atoms with E-state index >= 15 is 0 Å². The van der Waals surface area contributed by atoms with Crippen molar-refractivity contribution >= 4 is 56.1 Å². The standard InChI is InChI=1S/C11H6Cl2N2S2/c12-4-6-5-16-11(15-6)9-3-8-10(17-9)7(13)1-2-14-8/h1-3,5H,4H2. The van der Waals surface area contributed by atoms with Crippen LogP contribution in [0.15, 0.2) is 23.7 Å². The van der Waals surface area contributed by atoms with Gasteiger partial charge < -0.3 is 0 Å². The molecular weight excluding hydrogens is 295 g/mol. The molecule has 0 bridgehead atoms. The highest BCUT2D eigenvalue weighted by molar-refractivity contribution is 7.25. The first-order valence-electron chi connectivity index (χ1n) is 4.82. The van der Waals surface area contributed by atoms with Gasteiger partial charge in [-0.1, -0.05) is 11.6 Å². The number of aromatic nitrogens is 2. The van der Waals surface area contributed by atoms with E-state index in [1.54, 1.807) is 34.9 Å². The van der Waals surface area contributed by atoms with Gasteiger partial charge in [0.1, 0.15) is 5.01 Å². The first-order valence-corrected chi connectivity index (χ1v) is 7.43. The summed E-state index contributed by atoms with van der Waals surface area (Å²) >= 11 is 15.1. The van der Waals surface area contributed by atoms with Gasteiger partial charge in [0.25, 0.3) is 0 Å². The Bertz CT molecular complexity index is 675. The molecule has 0 aliphatic carbocycles. The Hall–Kier alpha value is -0.680. The van der Waals surface area contributed by atoms with Crippen LogP contribution in [0.25, 0.3) is 20.1 Å². The predicted molar refractivity (Wildman–Crippen MR) is 75.3 cm³/mol. The topological polar surface area (TPSA) is 25.8 Å². The van der Waals surface area contributed by atoms with E-state index in [4.69, 9.17) is 23.2 Å². The lowest BCUT2D eigenvalue weighted by molar-refractivity contribution is 1.23. The maximum atomic E-state index is 6.12. The number of hydrogen-bond acceptors (Lipinski definition) is 4. The molecule has 0 aliphatic rings. The molecule has 6 heteroatoms. The number of rotatable bonds is 2. The van der Waals surface area contributed by atoms with Gasteiger partial charge >= 0.3 is 0 Å².